The molecule has 2 aromatic carbocycles. The minimum Gasteiger partial charge on any atom is -0.478 e. The first-order chi connectivity index (χ1) is 16.1. The summed E-state index contributed by atoms with van der Waals surface area (Å²) in [4.78, 5) is 44.0. The summed E-state index contributed by atoms with van der Waals surface area (Å²) in [6, 6.07) is 7.91. The number of aryl methyl sites for hydroxylation is 1. The number of aliphatic carboxylic acids is 1. The number of nitrogens with one attached hydrogen (secondary N) is 1. The molecule has 0 saturated carbocycles. The number of hydrogen-bond acceptors (Lipinski definition) is 9. The largest absolute Gasteiger partial charge is 0.478 e. The van der Waals surface area contributed by atoms with Crippen molar-refractivity contribution in [3.63, 3.8) is 0 Å². The number of halogens is 1. The van der Waals surface area contributed by atoms with Gasteiger partial charge in [-0.15, -0.1) is 5.06 Å². The van der Waals surface area contributed by atoms with Crippen molar-refractivity contribution in [3.05, 3.63) is 85.2 Å². The summed E-state index contributed by atoms with van der Waals surface area (Å²) in [6.45, 7) is 2.80. The van der Waals surface area contributed by atoms with Gasteiger partial charge in [-0.05, 0) is 50.1 Å². The molecule has 0 aliphatic heterocycles. The van der Waals surface area contributed by atoms with Crippen LogP contribution in [0.1, 0.15) is 29.7 Å². The zero-order valence-corrected chi connectivity index (χ0v) is 18.5. The second kappa shape index (κ2) is 12.6. The molecule has 13 heteroatoms. The molecule has 0 radical (unpaired) electrons. The van der Waals surface area contributed by atoms with E-state index in [1.54, 1.807) is 26.0 Å². The molecular weight excluding hydrogens is 455 g/mol. The molecule has 0 saturated heterocycles. The molecule has 12 nitrogen and oxygen atoms in total. The van der Waals surface area contributed by atoms with Crippen molar-refractivity contribution >= 4 is 11.7 Å². The van der Waals surface area contributed by atoms with E-state index in [1.807, 2.05) is 0 Å². The van der Waals surface area contributed by atoms with Crippen LogP contribution in [0.25, 0.3) is 0 Å². The highest BCUT2D eigenvalue weighted by Crippen LogP contribution is 2.22. The summed E-state index contributed by atoms with van der Waals surface area (Å²) in [7, 11) is 0. The van der Waals surface area contributed by atoms with Gasteiger partial charge in [0.1, 0.15) is 5.82 Å². The summed E-state index contributed by atoms with van der Waals surface area (Å²) in [5.74, 6) is -2.05. The molecule has 2 aromatic rings. The smallest absolute Gasteiger partial charge is 0.352 e. The third-order valence-corrected chi connectivity index (χ3v) is 4.76. The van der Waals surface area contributed by atoms with Gasteiger partial charge in [-0.2, -0.15) is 5.48 Å². The van der Waals surface area contributed by atoms with Crippen molar-refractivity contribution in [2.24, 2.45) is 0 Å². The normalized spacial score (nSPS) is 12.9. The van der Waals surface area contributed by atoms with Crippen LogP contribution in [-0.4, -0.2) is 51.9 Å². The minimum absolute atomic E-state index is 0.00342. The molecule has 2 atom stereocenters. The quantitative estimate of drug-likeness (QED) is 0.178. The van der Waals surface area contributed by atoms with Gasteiger partial charge in [0, 0.05) is 28.7 Å². The van der Waals surface area contributed by atoms with Crippen LogP contribution < -0.4 is 5.48 Å². The number of rotatable bonds is 14. The Bertz CT molecular complexity index is 1000. The molecule has 34 heavy (non-hydrogen) atoms. The molecule has 0 aliphatic carbocycles. The molecule has 0 fully saturated rings. The number of carboxylic acids is 1. The van der Waals surface area contributed by atoms with E-state index in [2.05, 4.69) is 5.48 Å². The SMILES string of the molecule is CCON(CC(c1ccc(F)cc1)[N+](=O)[O-])C(ONCCc1ccc(C)cc1[N+](=O)[O-])C(=O)O. The second-order valence-corrected chi connectivity index (χ2v) is 7.21. The van der Waals surface area contributed by atoms with Crippen molar-refractivity contribution < 1.29 is 33.8 Å². The molecule has 0 heterocycles. The number of nitro groups is 2. The van der Waals surface area contributed by atoms with Gasteiger partial charge < -0.3 is 5.11 Å². The van der Waals surface area contributed by atoms with Crippen LogP contribution in [0, 0.1) is 33.0 Å². The lowest BCUT2D eigenvalue weighted by molar-refractivity contribution is -0.535. The van der Waals surface area contributed by atoms with Crippen LogP contribution >= 0.6 is 0 Å². The van der Waals surface area contributed by atoms with E-state index in [0.717, 1.165) is 22.8 Å². The van der Waals surface area contributed by atoms with Crippen LogP contribution in [0.3, 0.4) is 0 Å². The molecular formula is C21H25FN4O8. The van der Waals surface area contributed by atoms with Crippen LogP contribution in [0.2, 0.25) is 0 Å². The van der Waals surface area contributed by atoms with Gasteiger partial charge in [-0.1, -0.05) is 12.1 Å². The van der Waals surface area contributed by atoms with E-state index < -0.39 is 40.4 Å². The van der Waals surface area contributed by atoms with Gasteiger partial charge in [-0.25, -0.2) is 9.18 Å². The van der Waals surface area contributed by atoms with E-state index in [1.165, 1.54) is 18.2 Å². The summed E-state index contributed by atoms with van der Waals surface area (Å²) in [6.07, 6.45) is -1.61. The van der Waals surface area contributed by atoms with Crippen molar-refractivity contribution in [1.82, 2.24) is 10.5 Å². The van der Waals surface area contributed by atoms with Crippen LogP contribution in [0.5, 0.6) is 0 Å². The third kappa shape index (κ3) is 7.52. The van der Waals surface area contributed by atoms with Gasteiger partial charge in [0.15, 0.2) is 0 Å². The van der Waals surface area contributed by atoms with E-state index in [-0.39, 0.29) is 30.8 Å². The molecule has 184 valence electrons. The Kier molecular flexibility index (Phi) is 9.94. The molecule has 2 rings (SSSR count). The molecule has 0 amide bonds. The van der Waals surface area contributed by atoms with Gasteiger partial charge in [0.2, 0.25) is 0 Å². The average Bonchev–Trinajstić information content (AvgIpc) is 2.78. The number of carbonyl (C=O) groups is 1. The third-order valence-electron chi connectivity index (χ3n) is 4.76. The topological polar surface area (TPSA) is 157 Å². The average molecular weight is 480 g/mol. The van der Waals surface area contributed by atoms with Gasteiger partial charge in [0.25, 0.3) is 18.0 Å². The number of benzene rings is 2. The maximum absolute atomic E-state index is 13.2. The zero-order valence-electron chi connectivity index (χ0n) is 18.5. The first-order valence-electron chi connectivity index (χ1n) is 10.3. The fourth-order valence-electron chi connectivity index (χ4n) is 3.14. The Morgan fingerprint density at radius 2 is 1.88 bits per heavy atom. The summed E-state index contributed by atoms with van der Waals surface area (Å²) in [5, 5.41) is 33.3. The van der Waals surface area contributed by atoms with Gasteiger partial charge >= 0.3 is 5.97 Å². The fourth-order valence-corrected chi connectivity index (χ4v) is 3.14. The monoisotopic (exact) mass is 480 g/mol. The van der Waals surface area contributed by atoms with Crippen LogP contribution in [0.15, 0.2) is 42.5 Å². The fraction of sp³-hybridized carbons (Fsp3) is 0.381. The lowest BCUT2D eigenvalue weighted by Gasteiger charge is -2.28. The lowest BCUT2D eigenvalue weighted by Crippen LogP contribution is -2.48. The number of hydroxylamine groups is 3. The van der Waals surface area contributed by atoms with E-state index in [0.29, 0.717) is 5.56 Å². The summed E-state index contributed by atoms with van der Waals surface area (Å²) < 4.78 is 13.2. The predicted molar refractivity (Wildman–Crippen MR) is 117 cm³/mol. The van der Waals surface area contributed by atoms with E-state index in [9.17, 15) is 34.5 Å². The summed E-state index contributed by atoms with van der Waals surface area (Å²) in [5.41, 5.74) is 3.67. The maximum atomic E-state index is 13.2. The second-order valence-electron chi connectivity index (χ2n) is 7.21. The molecule has 0 aromatic heterocycles. The maximum Gasteiger partial charge on any atom is 0.352 e. The molecule has 0 bridgehead atoms. The van der Waals surface area contributed by atoms with Gasteiger partial charge in [-0.3, -0.25) is 29.9 Å². The van der Waals surface area contributed by atoms with Crippen LogP contribution in [0.4, 0.5) is 10.1 Å². The molecule has 2 unspecified atom stereocenters. The summed E-state index contributed by atoms with van der Waals surface area (Å²) >= 11 is 0. The Morgan fingerprint density at radius 3 is 2.44 bits per heavy atom. The first kappa shape index (κ1) is 26.7. The Balaban J connectivity index is 2.09. The number of carboxylic acid groups (broad SMARTS) is 1. The molecule has 0 spiro atoms. The highest BCUT2D eigenvalue weighted by molar-refractivity contribution is 5.71. The predicted octanol–water partition coefficient (Wildman–Crippen LogP) is 2.79. The highest BCUT2D eigenvalue weighted by Gasteiger charge is 2.35. The zero-order chi connectivity index (χ0) is 25.3. The number of nitrogens with zero attached hydrogens (tertiary/aromatic N) is 3. The standard InChI is InChI=1S/C21H25FN4O8/c1-3-33-24(13-19(26(31)32)15-6-8-17(22)9-7-15)20(21(27)28)34-23-11-10-16-5-4-14(2)12-18(16)25(29)30/h4-9,12,19-20,23H,3,10-11,13H2,1-2H3,(H,27,28). The highest BCUT2D eigenvalue weighted by atomic mass is 19.1. The number of nitro benzene ring substituents is 1. The van der Waals surface area contributed by atoms with Crippen molar-refractivity contribution in [3.8, 4) is 0 Å². The molecule has 0 aliphatic rings. The van der Waals surface area contributed by atoms with Crippen molar-refractivity contribution in [2.45, 2.75) is 32.5 Å². The van der Waals surface area contributed by atoms with Crippen molar-refractivity contribution in [2.75, 3.05) is 19.7 Å². The number of hydrogen-bond donors (Lipinski definition) is 2. The van der Waals surface area contributed by atoms with Gasteiger partial charge in [0.05, 0.1) is 18.1 Å². The van der Waals surface area contributed by atoms with Crippen molar-refractivity contribution in [1.29, 1.82) is 0 Å². The van der Waals surface area contributed by atoms with E-state index >= 15 is 0 Å². The van der Waals surface area contributed by atoms with E-state index in [4.69, 9.17) is 9.68 Å². The Labute approximate surface area is 194 Å². The van der Waals surface area contributed by atoms with Crippen LogP contribution in [-0.2, 0) is 20.9 Å². The lowest BCUT2D eigenvalue weighted by atomic mass is 10.1. The Morgan fingerprint density at radius 1 is 1.21 bits per heavy atom. The molecule has 2 N–H and O–H groups in total. The Hall–Kier alpha value is -3.52. The first-order valence-corrected chi connectivity index (χ1v) is 10.3. The minimum atomic E-state index is -1.77.